The zero-order valence-electron chi connectivity index (χ0n) is 7.84. The van der Waals surface area contributed by atoms with Crippen molar-refractivity contribution >= 4 is 5.97 Å². The van der Waals surface area contributed by atoms with Crippen LogP contribution in [0.4, 0.5) is 8.78 Å². The number of alkyl halides is 2. The van der Waals surface area contributed by atoms with Crippen molar-refractivity contribution in [1.82, 2.24) is 5.32 Å². The number of hydrogen-bond acceptors (Lipinski definition) is 3. The quantitative estimate of drug-likeness (QED) is 0.552. The van der Waals surface area contributed by atoms with Gasteiger partial charge in [-0.05, 0) is 13.0 Å². The monoisotopic (exact) mass is 211 g/mol. The van der Waals surface area contributed by atoms with Crippen LogP contribution in [-0.2, 0) is 9.53 Å². The molecule has 2 N–H and O–H groups in total. The molecule has 0 heterocycles. The predicted molar refractivity (Wildman–Crippen MR) is 46.6 cm³/mol. The molecule has 6 heteroatoms. The van der Waals surface area contributed by atoms with Crippen molar-refractivity contribution in [2.45, 2.75) is 19.3 Å². The molecule has 0 aliphatic carbocycles. The molecule has 0 aromatic heterocycles. The molecule has 0 aliphatic rings. The lowest BCUT2D eigenvalue weighted by Crippen LogP contribution is -2.22. The van der Waals surface area contributed by atoms with Crippen LogP contribution >= 0.6 is 0 Å². The first-order valence-electron chi connectivity index (χ1n) is 4.41. The summed E-state index contributed by atoms with van der Waals surface area (Å²) < 4.78 is 27.7. The van der Waals surface area contributed by atoms with E-state index >= 15 is 0 Å². The van der Waals surface area contributed by atoms with Gasteiger partial charge in [0, 0.05) is 13.0 Å². The van der Waals surface area contributed by atoms with E-state index in [1.807, 2.05) is 0 Å². The average Bonchev–Trinajstić information content (AvgIpc) is 2.08. The SMILES string of the molecule is O=C(O)CCCNCCOCC(F)F. The van der Waals surface area contributed by atoms with Gasteiger partial charge in [0.15, 0.2) is 0 Å². The highest BCUT2D eigenvalue weighted by Gasteiger charge is 2.00. The van der Waals surface area contributed by atoms with Crippen LogP contribution in [0.1, 0.15) is 12.8 Å². The minimum absolute atomic E-state index is 0.116. The number of carboxylic acids is 1. The molecule has 0 aromatic carbocycles. The lowest BCUT2D eigenvalue weighted by Gasteiger charge is -2.04. The van der Waals surface area contributed by atoms with Crippen molar-refractivity contribution in [1.29, 1.82) is 0 Å². The van der Waals surface area contributed by atoms with Crippen molar-refractivity contribution in [2.24, 2.45) is 0 Å². The van der Waals surface area contributed by atoms with Crippen LogP contribution < -0.4 is 5.32 Å². The second kappa shape index (κ2) is 8.83. The maximum atomic E-state index is 11.5. The van der Waals surface area contributed by atoms with Crippen LogP contribution in [-0.4, -0.2) is 43.8 Å². The number of aliphatic carboxylic acids is 1. The van der Waals surface area contributed by atoms with Crippen molar-refractivity contribution in [3.63, 3.8) is 0 Å². The summed E-state index contributed by atoms with van der Waals surface area (Å²) >= 11 is 0. The molecule has 84 valence electrons. The van der Waals surface area contributed by atoms with Crippen molar-refractivity contribution in [3.8, 4) is 0 Å². The smallest absolute Gasteiger partial charge is 0.303 e. The largest absolute Gasteiger partial charge is 0.481 e. The average molecular weight is 211 g/mol. The predicted octanol–water partition coefficient (Wildman–Crippen LogP) is 0.722. The summed E-state index contributed by atoms with van der Waals surface area (Å²) in [6.45, 7) is 0.699. The zero-order chi connectivity index (χ0) is 10.8. The van der Waals surface area contributed by atoms with Crippen LogP contribution in [0.25, 0.3) is 0 Å². The molecule has 0 amide bonds. The topological polar surface area (TPSA) is 58.6 Å². The highest BCUT2D eigenvalue weighted by atomic mass is 19.3. The molecule has 4 nitrogen and oxygen atoms in total. The van der Waals surface area contributed by atoms with E-state index in [1.54, 1.807) is 0 Å². The van der Waals surface area contributed by atoms with Gasteiger partial charge in [0.2, 0.25) is 0 Å². The van der Waals surface area contributed by atoms with Gasteiger partial charge in [-0.2, -0.15) is 0 Å². The summed E-state index contributed by atoms with van der Waals surface area (Å²) in [7, 11) is 0. The number of carbonyl (C=O) groups is 1. The van der Waals surface area contributed by atoms with Crippen LogP contribution in [0, 0.1) is 0 Å². The fourth-order valence-corrected chi connectivity index (χ4v) is 0.806. The first-order chi connectivity index (χ1) is 6.63. The molecule has 0 aromatic rings. The number of ether oxygens (including phenoxy) is 1. The molecule has 0 bridgehead atoms. The van der Waals surface area contributed by atoms with E-state index in [4.69, 9.17) is 5.11 Å². The third-order valence-corrected chi connectivity index (χ3v) is 1.41. The van der Waals surface area contributed by atoms with E-state index in [2.05, 4.69) is 10.1 Å². The summed E-state index contributed by atoms with van der Waals surface area (Å²) in [4.78, 5) is 10.1. The molecule has 0 rings (SSSR count). The Labute approximate surface area is 81.2 Å². The van der Waals surface area contributed by atoms with E-state index < -0.39 is 19.0 Å². The molecular formula is C8H15F2NO3. The lowest BCUT2D eigenvalue weighted by molar-refractivity contribution is -0.137. The standard InChI is InChI=1S/C8H15F2NO3/c9-7(10)6-14-5-4-11-3-1-2-8(12)13/h7,11H,1-6H2,(H,12,13). The number of halogens is 2. The van der Waals surface area contributed by atoms with Gasteiger partial charge in [0.05, 0.1) is 6.61 Å². The van der Waals surface area contributed by atoms with E-state index in [0.717, 1.165) is 0 Å². The molecule has 0 saturated heterocycles. The van der Waals surface area contributed by atoms with Crippen molar-refractivity contribution < 1.29 is 23.4 Å². The fourth-order valence-electron chi connectivity index (χ4n) is 0.806. The minimum Gasteiger partial charge on any atom is -0.481 e. The lowest BCUT2D eigenvalue weighted by atomic mass is 10.3. The van der Waals surface area contributed by atoms with Gasteiger partial charge in [-0.1, -0.05) is 0 Å². The van der Waals surface area contributed by atoms with Gasteiger partial charge in [-0.15, -0.1) is 0 Å². The Morgan fingerprint density at radius 1 is 1.43 bits per heavy atom. The molecule has 0 saturated carbocycles. The van der Waals surface area contributed by atoms with E-state index in [1.165, 1.54) is 0 Å². The van der Waals surface area contributed by atoms with E-state index in [0.29, 0.717) is 19.5 Å². The van der Waals surface area contributed by atoms with Crippen LogP contribution in [0.3, 0.4) is 0 Å². The summed E-state index contributed by atoms with van der Waals surface area (Å²) in [6, 6.07) is 0. The Balaban J connectivity index is 2.96. The third kappa shape index (κ3) is 11.2. The molecule has 0 radical (unpaired) electrons. The van der Waals surface area contributed by atoms with Gasteiger partial charge in [0.1, 0.15) is 6.61 Å². The molecule has 0 atom stereocenters. The van der Waals surface area contributed by atoms with Crippen LogP contribution in [0.15, 0.2) is 0 Å². The first-order valence-corrected chi connectivity index (χ1v) is 4.41. The Bertz CT molecular complexity index is 156. The van der Waals surface area contributed by atoms with E-state index in [-0.39, 0.29) is 13.0 Å². The third-order valence-electron chi connectivity index (χ3n) is 1.41. The summed E-state index contributed by atoms with van der Waals surface area (Å²) in [5.41, 5.74) is 0. The number of nitrogens with one attached hydrogen (secondary N) is 1. The van der Waals surface area contributed by atoms with Gasteiger partial charge in [-0.25, -0.2) is 8.78 Å². The zero-order valence-corrected chi connectivity index (χ0v) is 7.84. The number of rotatable bonds is 9. The highest BCUT2D eigenvalue weighted by Crippen LogP contribution is 1.91. The number of hydrogen-bond donors (Lipinski definition) is 2. The van der Waals surface area contributed by atoms with Crippen molar-refractivity contribution in [2.75, 3.05) is 26.3 Å². The minimum atomic E-state index is -2.43. The molecular weight excluding hydrogens is 196 g/mol. The van der Waals surface area contributed by atoms with Gasteiger partial charge < -0.3 is 15.2 Å². The van der Waals surface area contributed by atoms with Gasteiger partial charge in [0.25, 0.3) is 6.43 Å². The molecule has 14 heavy (non-hydrogen) atoms. The van der Waals surface area contributed by atoms with Gasteiger partial charge >= 0.3 is 5.97 Å². The summed E-state index contributed by atoms with van der Waals surface area (Å²) in [5, 5.41) is 11.2. The second-order valence-electron chi connectivity index (χ2n) is 2.71. The maximum Gasteiger partial charge on any atom is 0.303 e. The number of carboxylic acid groups (broad SMARTS) is 1. The molecule has 0 unspecified atom stereocenters. The Kier molecular flexibility index (Phi) is 8.36. The highest BCUT2D eigenvalue weighted by molar-refractivity contribution is 5.66. The second-order valence-corrected chi connectivity index (χ2v) is 2.71. The first kappa shape index (κ1) is 13.2. The van der Waals surface area contributed by atoms with Crippen molar-refractivity contribution in [3.05, 3.63) is 0 Å². The normalized spacial score (nSPS) is 10.8. The summed E-state index contributed by atoms with van der Waals surface area (Å²) in [5.74, 6) is -0.833. The molecule has 0 spiro atoms. The summed E-state index contributed by atoms with van der Waals surface area (Å²) in [6.07, 6.45) is -1.78. The maximum absolute atomic E-state index is 11.5. The van der Waals surface area contributed by atoms with Crippen LogP contribution in [0.2, 0.25) is 0 Å². The molecule has 0 fully saturated rings. The Hall–Kier alpha value is -0.750. The fraction of sp³-hybridized carbons (Fsp3) is 0.875. The van der Waals surface area contributed by atoms with Gasteiger partial charge in [-0.3, -0.25) is 4.79 Å². The van der Waals surface area contributed by atoms with Crippen LogP contribution in [0.5, 0.6) is 0 Å². The Morgan fingerprint density at radius 3 is 2.71 bits per heavy atom. The molecule has 0 aliphatic heterocycles. The Morgan fingerprint density at radius 2 is 2.14 bits per heavy atom. The van der Waals surface area contributed by atoms with E-state index in [9.17, 15) is 13.6 Å².